The van der Waals surface area contributed by atoms with Crippen LogP contribution < -0.4 is 0 Å². The molecule has 0 aromatic heterocycles. The van der Waals surface area contributed by atoms with Crippen molar-refractivity contribution in [2.45, 2.75) is 476 Å². The van der Waals surface area contributed by atoms with Gasteiger partial charge in [-0.1, -0.05) is 466 Å². The first-order valence-corrected chi connectivity index (χ1v) is 56.1. The molecule has 0 aliphatic carbocycles. The first kappa shape index (κ1) is 126. The summed E-state index contributed by atoms with van der Waals surface area (Å²) in [6.07, 6.45) is 138. The lowest BCUT2D eigenvalue weighted by Gasteiger charge is -2.21. The molecular formula is C113H194O16P2. The van der Waals surface area contributed by atoms with Crippen LogP contribution in [-0.4, -0.2) is 95.9 Å². The third-order valence-electron chi connectivity index (χ3n) is 22.6. The van der Waals surface area contributed by atoms with Gasteiger partial charge in [0.2, 0.25) is 0 Å². The van der Waals surface area contributed by atoms with Crippen molar-refractivity contribution in [3.63, 3.8) is 0 Å². The average Bonchev–Trinajstić information content (AvgIpc) is 0.891. The standard InChI is InChI=1S/C113H194O16P2/c1-4-7-10-13-16-19-22-25-28-31-34-37-40-43-46-49-52-53-56-58-60-63-66-69-72-75-78-81-84-87-90-93-96-99-111(116)123-102-108(114)103-125-130(119,120)126-104-109(115)105-127-131(121,122)128-107-110(129-113(118)101-98-95-92-89-86-83-80-77-74-71-68-65-62-59-55-51-48-45-42-39-36-33-30-27-24-21-18-15-12-9-6-3)106-124-112(117)100-97-94-91-88-85-82-79-76-73-70-67-64-61-57-54-50-47-44-41-38-35-32-29-26-23-20-17-14-11-8-5-2/h7-12,16-21,25-30,34-39,43-48,108-110,114-115H,4-6,13-15,22-24,31-33,40-42,49-107H2,1-3H3,(H,119,120)(H,121,122)/b10-7-,11-8-,12-9-,19-16-,20-17-,21-18-,28-25-,29-26-,30-27-,37-34-,38-35-,39-36-,46-43-,47-44-,48-45-. The van der Waals surface area contributed by atoms with Gasteiger partial charge < -0.3 is 34.2 Å². The van der Waals surface area contributed by atoms with Crippen LogP contribution in [-0.2, 0) is 55.8 Å². The Morgan fingerprint density at radius 1 is 0.214 bits per heavy atom. The summed E-state index contributed by atoms with van der Waals surface area (Å²) < 4.78 is 61.8. The van der Waals surface area contributed by atoms with Crippen LogP contribution in [0.15, 0.2) is 182 Å². The van der Waals surface area contributed by atoms with E-state index in [1.165, 1.54) is 231 Å². The molecule has 0 fully saturated rings. The number of rotatable bonds is 100. The number of carbonyl (C=O) groups excluding carboxylic acids is 3. The lowest BCUT2D eigenvalue weighted by Crippen LogP contribution is -2.30. The minimum atomic E-state index is -4.95. The highest BCUT2D eigenvalue weighted by Gasteiger charge is 2.30. The maximum atomic E-state index is 13.2. The van der Waals surface area contributed by atoms with Crippen molar-refractivity contribution in [2.24, 2.45) is 0 Å². The van der Waals surface area contributed by atoms with Crippen molar-refractivity contribution >= 4 is 33.6 Å². The largest absolute Gasteiger partial charge is 0.472 e. The molecule has 16 nitrogen and oxygen atoms in total. The van der Waals surface area contributed by atoms with Gasteiger partial charge in [-0.05, 0) is 154 Å². The molecule has 0 spiro atoms. The molecule has 0 bridgehead atoms. The number of allylic oxidation sites excluding steroid dienone is 30. The number of esters is 3. The van der Waals surface area contributed by atoms with Crippen LogP contribution in [0.25, 0.3) is 0 Å². The molecule has 752 valence electrons. The molecule has 18 heteroatoms. The van der Waals surface area contributed by atoms with E-state index in [0.717, 1.165) is 167 Å². The molecule has 0 rings (SSSR count). The van der Waals surface area contributed by atoms with E-state index in [1.807, 2.05) is 0 Å². The van der Waals surface area contributed by atoms with Gasteiger partial charge in [0.25, 0.3) is 0 Å². The van der Waals surface area contributed by atoms with Gasteiger partial charge in [-0.2, -0.15) is 0 Å². The fourth-order valence-corrected chi connectivity index (χ4v) is 16.3. The van der Waals surface area contributed by atoms with E-state index in [-0.39, 0.29) is 19.3 Å². The summed E-state index contributed by atoms with van der Waals surface area (Å²) in [5, 5.41) is 20.8. The van der Waals surface area contributed by atoms with Crippen LogP contribution in [0.4, 0.5) is 0 Å². The summed E-state index contributed by atoms with van der Waals surface area (Å²) in [5.41, 5.74) is 0. The molecule has 0 aromatic carbocycles. The highest BCUT2D eigenvalue weighted by Crippen LogP contribution is 2.45. The van der Waals surface area contributed by atoms with Crippen LogP contribution >= 0.6 is 15.6 Å². The summed E-state index contributed by atoms with van der Waals surface area (Å²) >= 11 is 0. The van der Waals surface area contributed by atoms with Crippen molar-refractivity contribution < 1.29 is 75.8 Å². The second kappa shape index (κ2) is 104. The van der Waals surface area contributed by atoms with E-state index >= 15 is 0 Å². The molecule has 0 aromatic rings. The molecule has 0 amide bonds. The molecule has 4 N–H and O–H groups in total. The van der Waals surface area contributed by atoms with Gasteiger partial charge in [0, 0.05) is 19.3 Å². The van der Waals surface area contributed by atoms with Crippen LogP contribution in [0.1, 0.15) is 457 Å². The van der Waals surface area contributed by atoms with Crippen molar-refractivity contribution in [3.05, 3.63) is 182 Å². The van der Waals surface area contributed by atoms with Crippen LogP contribution in [0.2, 0.25) is 0 Å². The summed E-state index contributed by atoms with van der Waals surface area (Å²) in [6, 6.07) is 0. The molecule has 5 unspecified atom stereocenters. The maximum Gasteiger partial charge on any atom is 0.472 e. The second-order valence-electron chi connectivity index (χ2n) is 35.3. The number of ether oxygens (including phenoxy) is 3. The molecule has 0 aliphatic heterocycles. The molecule has 0 saturated carbocycles. The molecule has 5 atom stereocenters. The molecule has 0 radical (unpaired) electrons. The Kier molecular flexibility index (Phi) is 99.3. The van der Waals surface area contributed by atoms with Gasteiger partial charge in [-0.3, -0.25) is 32.5 Å². The minimum absolute atomic E-state index is 0.102. The number of phosphoric acid groups is 2. The maximum absolute atomic E-state index is 13.2. The van der Waals surface area contributed by atoms with Gasteiger partial charge in [0.15, 0.2) is 6.10 Å². The number of phosphoric ester groups is 2. The molecule has 0 heterocycles. The molecule has 0 saturated heterocycles. The topological polar surface area (TPSA) is 231 Å². The Hall–Kier alpha value is -5.35. The Bertz CT molecular complexity index is 3110. The highest BCUT2D eigenvalue weighted by atomic mass is 31.2. The lowest BCUT2D eigenvalue weighted by molar-refractivity contribution is -0.161. The van der Waals surface area contributed by atoms with Crippen LogP contribution in [0, 0.1) is 0 Å². The van der Waals surface area contributed by atoms with Crippen molar-refractivity contribution in [2.75, 3.05) is 39.6 Å². The average molecular weight is 1870 g/mol. The van der Waals surface area contributed by atoms with Crippen molar-refractivity contribution in [3.8, 4) is 0 Å². The number of hydrogen-bond acceptors (Lipinski definition) is 14. The zero-order valence-corrected chi connectivity index (χ0v) is 85.2. The first-order valence-electron chi connectivity index (χ1n) is 53.1. The fraction of sp³-hybridized carbons (Fsp3) is 0.708. The highest BCUT2D eigenvalue weighted by molar-refractivity contribution is 7.47. The number of aliphatic hydroxyl groups is 2. The number of unbranched alkanes of at least 4 members (excludes halogenated alkanes) is 47. The Morgan fingerprint density at radius 3 is 0.603 bits per heavy atom. The van der Waals surface area contributed by atoms with Crippen LogP contribution in [0.3, 0.4) is 0 Å². The molecule has 131 heavy (non-hydrogen) atoms. The zero-order valence-electron chi connectivity index (χ0n) is 83.5. The number of hydrogen-bond donors (Lipinski definition) is 4. The van der Waals surface area contributed by atoms with E-state index in [9.17, 15) is 43.5 Å². The first-order chi connectivity index (χ1) is 64.2. The van der Waals surface area contributed by atoms with Gasteiger partial charge >= 0.3 is 33.6 Å². The minimum Gasteiger partial charge on any atom is -0.463 e. The smallest absolute Gasteiger partial charge is 0.463 e. The zero-order chi connectivity index (χ0) is 95.0. The van der Waals surface area contributed by atoms with E-state index in [2.05, 4.69) is 203 Å². The second-order valence-corrected chi connectivity index (χ2v) is 38.2. The number of aliphatic hydroxyl groups excluding tert-OH is 2. The predicted octanol–water partition coefficient (Wildman–Crippen LogP) is 33.9. The Labute approximate surface area is 802 Å². The quantitative estimate of drug-likeness (QED) is 0.0146. The third kappa shape index (κ3) is 105. The van der Waals surface area contributed by atoms with E-state index < -0.39 is 91.5 Å². The van der Waals surface area contributed by atoms with Gasteiger partial charge in [0.05, 0.1) is 26.4 Å². The fourth-order valence-electron chi connectivity index (χ4n) is 14.7. The summed E-state index contributed by atoms with van der Waals surface area (Å²) in [6.45, 7) is 2.43. The normalized spacial score (nSPS) is 14.3. The van der Waals surface area contributed by atoms with Gasteiger partial charge in [-0.15, -0.1) is 0 Å². The van der Waals surface area contributed by atoms with Crippen molar-refractivity contribution in [1.82, 2.24) is 0 Å². The van der Waals surface area contributed by atoms with Gasteiger partial charge in [-0.25, -0.2) is 9.13 Å². The van der Waals surface area contributed by atoms with E-state index in [0.29, 0.717) is 19.3 Å². The lowest BCUT2D eigenvalue weighted by atomic mass is 10.0. The van der Waals surface area contributed by atoms with E-state index in [4.69, 9.17) is 32.3 Å². The number of carbonyl (C=O) groups is 3. The van der Waals surface area contributed by atoms with E-state index in [1.54, 1.807) is 0 Å². The monoisotopic (exact) mass is 1870 g/mol. The van der Waals surface area contributed by atoms with Crippen molar-refractivity contribution in [1.29, 1.82) is 0 Å². The Balaban J connectivity index is 4.61. The SMILES string of the molecule is CC/C=C\C/C=C\C/C=C\C/C=C\C/C=C\CCCCCCCCCCCCCCCCCCCC(=O)OCC(O)COP(=O)(O)OCC(O)COP(=O)(O)OCC(COC(=O)CCCCCCCCCCCCCCCCC/C=C\C/C=C\C/C=C\C/C=C\C/C=C\CC)OC(=O)CCCCCCCCCCCCCCCCC/C=C\C/C=C\C/C=C\C/C=C\C/C=C\CC. The summed E-state index contributed by atoms with van der Waals surface area (Å²) in [5.74, 6) is -1.55. The van der Waals surface area contributed by atoms with Crippen LogP contribution in [0.5, 0.6) is 0 Å². The predicted molar refractivity (Wildman–Crippen MR) is 555 cm³/mol. The molecule has 0 aliphatic rings. The third-order valence-corrected chi connectivity index (χ3v) is 24.5. The van der Waals surface area contributed by atoms with Gasteiger partial charge in [0.1, 0.15) is 25.4 Å². The summed E-state index contributed by atoms with van der Waals surface area (Å²) in [7, 11) is -9.82. The summed E-state index contributed by atoms with van der Waals surface area (Å²) in [4.78, 5) is 59.3. The molecular weight excluding hydrogens is 1680 g/mol. The Morgan fingerprint density at radius 2 is 0.382 bits per heavy atom.